The highest BCUT2D eigenvalue weighted by Gasteiger charge is 2.43. The maximum Gasteiger partial charge on any atom is 0.373 e. The zero-order valence-electron chi connectivity index (χ0n) is 20.8. The molecule has 33 heavy (non-hydrogen) atoms. The molecule has 4 bridgehead atoms. The lowest BCUT2D eigenvalue weighted by molar-refractivity contribution is -0.193. The van der Waals surface area contributed by atoms with E-state index in [0.29, 0.717) is 35.2 Å². The molecule has 6 unspecified atom stereocenters. The molecule has 8 heteroatoms. The van der Waals surface area contributed by atoms with Crippen LogP contribution in [0.3, 0.4) is 0 Å². The third-order valence-corrected chi connectivity index (χ3v) is 7.37. The fourth-order valence-electron chi connectivity index (χ4n) is 6.04. The monoisotopic (exact) mass is 468 g/mol. The zero-order chi connectivity index (χ0) is 24.7. The Balaban J connectivity index is 0.000000491. The van der Waals surface area contributed by atoms with E-state index in [-0.39, 0.29) is 19.7 Å². The Labute approximate surface area is 200 Å². The molecule has 0 aromatic heterocycles. The lowest BCUT2D eigenvalue weighted by atomic mass is 9.75. The lowest BCUT2D eigenvalue weighted by Gasteiger charge is -2.54. The molecule has 0 aromatic carbocycles. The highest BCUT2D eigenvalue weighted by molar-refractivity contribution is 5.20. The number of nitrogens with two attached hydrogens (primary N) is 2. The van der Waals surface area contributed by atoms with Gasteiger partial charge in [0.15, 0.2) is 0 Å². The van der Waals surface area contributed by atoms with Crippen LogP contribution in [0, 0.1) is 11.8 Å². The van der Waals surface area contributed by atoms with Crippen molar-refractivity contribution in [2.45, 2.75) is 123 Å². The van der Waals surface area contributed by atoms with Crippen LogP contribution >= 0.6 is 0 Å². The van der Waals surface area contributed by atoms with Gasteiger partial charge in [-0.05, 0) is 91.9 Å². The smallest absolute Gasteiger partial charge is 0.326 e. The van der Waals surface area contributed by atoms with Gasteiger partial charge in [0.25, 0.3) is 0 Å². The maximum absolute atomic E-state index is 8.12. The van der Waals surface area contributed by atoms with Gasteiger partial charge >= 0.3 is 12.3 Å². The van der Waals surface area contributed by atoms with Crippen LogP contribution in [0.25, 0.3) is 0 Å². The molecule has 0 aromatic rings. The minimum absolute atomic E-state index is 0. The van der Waals surface area contributed by atoms with Gasteiger partial charge in [0.1, 0.15) is 0 Å². The number of nitrogens with zero attached hydrogens (tertiary/aromatic N) is 2. The lowest BCUT2D eigenvalue weighted by Crippen LogP contribution is -2.63. The van der Waals surface area contributed by atoms with Crippen molar-refractivity contribution in [3.8, 4) is 0 Å². The van der Waals surface area contributed by atoms with Crippen molar-refractivity contribution in [3.05, 3.63) is 0 Å². The van der Waals surface area contributed by atoms with E-state index in [1.165, 1.54) is 51.6 Å². The first-order valence-electron chi connectivity index (χ1n) is 11.8. The fourth-order valence-corrected chi connectivity index (χ4v) is 6.04. The number of hydrogen-bond donors (Lipinski definition) is 2. The molecule has 6 fully saturated rings. The predicted octanol–water partition coefficient (Wildman–Crippen LogP) is 2.66. The summed E-state index contributed by atoms with van der Waals surface area (Å²) in [5.41, 5.74) is 12.9. The summed E-state index contributed by atoms with van der Waals surface area (Å²) in [7, 11) is 0. The number of hydrogen-bond acceptors (Lipinski definition) is 8. The third-order valence-electron chi connectivity index (χ3n) is 7.37. The van der Waals surface area contributed by atoms with Crippen molar-refractivity contribution in [2.24, 2.45) is 23.3 Å². The molecule has 4 saturated heterocycles. The quantitative estimate of drug-likeness (QED) is 0.555. The van der Waals surface area contributed by atoms with Crippen LogP contribution in [0.5, 0.6) is 0 Å². The van der Waals surface area contributed by atoms with E-state index in [9.17, 15) is 0 Å². The highest BCUT2D eigenvalue weighted by atomic mass is 16.2. The van der Waals surface area contributed by atoms with Crippen LogP contribution in [0.2, 0.25) is 0 Å². The highest BCUT2D eigenvalue weighted by Crippen LogP contribution is 2.39. The van der Waals surface area contributed by atoms with E-state index in [1.807, 2.05) is 0 Å². The molecule has 2 saturated carbocycles. The van der Waals surface area contributed by atoms with Crippen LogP contribution < -0.4 is 11.5 Å². The van der Waals surface area contributed by atoms with Crippen molar-refractivity contribution in [2.75, 3.05) is 13.1 Å². The van der Waals surface area contributed by atoms with Crippen molar-refractivity contribution >= 4 is 12.3 Å². The average molecular weight is 469 g/mol. The SMILES string of the molecule is C.CC(C)(C)N1CC2CCC1C(N)C2.CC(C)(C)N1CC2CCC1C(N)C2.O=C=O.O=C=O. The Morgan fingerprint density at radius 3 is 1.06 bits per heavy atom. The zero-order valence-corrected chi connectivity index (χ0v) is 20.8. The van der Waals surface area contributed by atoms with Gasteiger partial charge < -0.3 is 11.5 Å². The van der Waals surface area contributed by atoms with Gasteiger partial charge in [-0.15, -0.1) is 0 Å². The minimum Gasteiger partial charge on any atom is -0.326 e. The molecule has 4 N–H and O–H groups in total. The molecule has 2 aliphatic carbocycles. The van der Waals surface area contributed by atoms with Crippen LogP contribution in [-0.2, 0) is 19.2 Å². The number of carbonyl (C=O) groups excluding carboxylic acids is 4. The van der Waals surface area contributed by atoms with Gasteiger partial charge in [-0.3, -0.25) is 9.80 Å². The second-order valence-electron chi connectivity index (χ2n) is 11.6. The Hall–Kier alpha value is -1.40. The van der Waals surface area contributed by atoms with Gasteiger partial charge in [0, 0.05) is 48.3 Å². The summed E-state index contributed by atoms with van der Waals surface area (Å²) in [5, 5.41) is 0. The Kier molecular flexibility index (Phi) is 12.9. The Bertz CT molecular complexity index is 590. The van der Waals surface area contributed by atoms with Crippen LogP contribution in [0.1, 0.15) is 87.5 Å². The summed E-state index contributed by atoms with van der Waals surface area (Å²) >= 11 is 0. The maximum atomic E-state index is 8.12. The van der Waals surface area contributed by atoms with Crippen LogP contribution in [0.4, 0.5) is 0 Å². The fraction of sp³-hybridized carbons (Fsp3) is 0.920. The number of rotatable bonds is 0. The first kappa shape index (κ1) is 31.6. The normalized spacial score (nSPS) is 32.8. The summed E-state index contributed by atoms with van der Waals surface area (Å²) in [6, 6.07) is 2.19. The summed E-state index contributed by atoms with van der Waals surface area (Å²) < 4.78 is 0. The first-order chi connectivity index (χ1) is 14.8. The molecule has 0 spiro atoms. The molecular formula is C25H48N4O4. The first-order valence-corrected chi connectivity index (χ1v) is 11.8. The Morgan fingerprint density at radius 1 is 0.636 bits per heavy atom. The summed E-state index contributed by atoms with van der Waals surface area (Å²) in [6.45, 7) is 16.4. The topological polar surface area (TPSA) is 127 Å². The molecule has 0 radical (unpaired) electrons. The van der Waals surface area contributed by atoms with Gasteiger partial charge in [0.05, 0.1) is 0 Å². The molecule has 6 atom stereocenters. The van der Waals surface area contributed by atoms with Crippen LogP contribution in [-0.4, -0.2) is 70.4 Å². The average Bonchev–Trinajstić information content (AvgIpc) is 2.69. The van der Waals surface area contributed by atoms with Gasteiger partial charge in [-0.25, -0.2) is 0 Å². The molecule has 4 heterocycles. The summed E-state index contributed by atoms with van der Waals surface area (Å²) in [4.78, 5) is 37.7. The van der Waals surface area contributed by atoms with Crippen molar-refractivity contribution in [3.63, 3.8) is 0 Å². The predicted molar refractivity (Wildman–Crippen MR) is 128 cm³/mol. The van der Waals surface area contributed by atoms with Crippen molar-refractivity contribution in [1.82, 2.24) is 9.80 Å². The van der Waals surface area contributed by atoms with Gasteiger partial charge in [-0.2, -0.15) is 19.2 Å². The van der Waals surface area contributed by atoms with Gasteiger partial charge in [0.2, 0.25) is 0 Å². The van der Waals surface area contributed by atoms with Gasteiger partial charge in [-0.1, -0.05) is 7.43 Å². The minimum atomic E-state index is 0. The van der Waals surface area contributed by atoms with Crippen molar-refractivity contribution < 1.29 is 19.2 Å². The standard InChI is InChI=1S/2C11H22N2.2CO2.CH4/c2*1-11(2,3)13-7-8-4-5-10(13)9(12)6-8;2*2-1-3;/h2*8-10H,4-7,12H2,1-3H3;;;1H4. The van der Waals surface area contributed by atoms with E-state index >= 15 is 0 Å². The van der Waals surface area contributed by atoms with Crippen LogP contribution in [0.15, 0.2) is 0 Å². The van der Waals surface area contributed by atoms with E-state index in [4.69, 9.17) is 30.6 Å². The Morgan fingerprint density at radius 2 is 0.909 bits per heavy atom. The van der Waals surface area contributed by atoms with E-state index in [2.05, 4.69) is 51.3 Å². The van der Waals surface area contributed by atoms with Crippen molar-refractivity contribution in [1.29, 1.82) is 0 Å². The summed E-state index contributed by atoms with van der Waals surface area (Å²) in [5.74, 6) is 1.75. The molecule has 192 valence electrons. The second kappa shape index (κ2) is 13.5. The summed E-state index contributed by atoms with van der Waals surface area (Å²) in [6.07, 6.45) is 8.48. The number of piperidine rings is 4. The molecule has 8 nitrogen and oxygen atoms in total. The molecular weight excluding hydrogens is 420 g/mol. The van der Waals surface area contributed by atoms with E-state index < -0.39 is 0 Å². The molecule has 6 aliphatic rings. The number of fused-ring (bicyclic) bond motifs is 6. The largest absolute Gasteiger partial charge is 0.373 e. The molecule has 6 rings (SSSR count). The molecule has 0 amide bonds. The van der Waals surface area contributed by atoms with E-state index in [1.54, 1.807) is 0 Å². The molecule has 4 aliphatic heterocycles. The van der Waals surface area contributed by atoms with E-state index in [0.717, 1.165) is 11.8 Å². The second-order valence-corrected chi connectivity index (χ2v) is 11.6. The third kappa shape index (κ3) is 9.05.